The Labute approximate surface area is 117 Å². The van der Waals surface area contributed by atoms with E-state index in [4.69, 9.17) is 5.73 Å². The number of rotatable bonds is 6. The highest BCUT2D eigenvalue weighted by atomic mass is 79.9. The van der Waals surface area contributed by atoms with Gasteiger partial charge in [0.2, 0.25) is 5.95 Å². The molecule has 0 unspecified atom stereocenters. The smallest absolute Gasteiger partial charge is 0.225 e. The monoisotopic (exact) mass is 315 g/mol. The molecular weight excluding hydrogens is 294 g/mol. The highest BCUT2D eigenvalue weighted by molar-refractivity contribution is 9.10. The fourth-order valence-electron chi connectivity index (χ4n) is 1.92. The number of aromatic nitrogens is 2. The number of nitrogen functional groups attached to an aromatic ring is 1. The van der Waals surface area contributed by atoms with Crippen LogP contribution in [0.3, 0.4) is 0 Å². The van der Waals surface area contributed by atoms with Crippen LogP contribution >= 0.6 is 15.9 Å². The van der Waals surface area contributed by atoms with E-state index in [1.165, 1.54) is 0 Å². The van der Waals surface area contributed by atoms with Crippen molar-refractivity contribution >= 4 is 27.7 Å². The maximum atomic E-state index is 5.66. The van der Waals surface area contributed by atoms with Crippen molar-refractivity contribution in [3.05, 3.63) is 10.7 Å². The van der Waals surface area contributed by atoms with Crippen LogP contribution in [0.4, 0.5) is 11.8 Å². The number of halogens is 1. The van der Waals surface area contributed by atoms with Gasteiger partial charge in [0.15, 0.2) is 0 Å². The van der Waals surface area contributed by atoms with Crippen LogP contribution < -0.4 is 11.1 Å². The molecule has 1 aromatic rings. The van der Waals surface area contributed by atoms with E-state index in [9.17, 15) is 0 Å². The first-order valence-electron chi connectivity index (χ1n) is 6.20. The van der Waals surface area contributed by atoms with E-state index in [-0.39, 0.29) is 0 Å². The van der Waals surface area contributed by atoms with Crippen molar-refractivity contribution in [1.82, 2.24) is 14.9 Å². The molecule has 102 valence electrons. The topological polar surface area (TPSA) is 67.1 Å². The molecule has 0 amide bonds. The van der Waals surface area contributed by atoms with Crippen molar-refractivity contribution in [3.8, 4) is 0 Å². The third-order valence-electron chi connectivity index (χ3n) is 2.69. The molecule has 6 heteroatoms. The highest BCUT2D eigenvalue weighted by Gasteiger charge is 2.12. The van der Waals surface area contributed by atoms with E-state index in [1.807, 2.05) is 0 Å². The predicted octanol–water partition coefficient (Wildman–Crippen LogP) is 2.35. The minimum Gasteiger partial charge on any atom is -0.383 e. The Morgan fingerprint density at radius 2 is 1.89 bits per heavy atom. The molecule has 0 saturated heterocycles. The van der Waals surface area contributed by atoms with E-state index in [1.54, 1.807) is 6.07 Å². The molecule has 0 spiro atoms. The minimum atomic E-state index is 0.462. The molecule has 3 N–H and O–H groups in total. The van der Waals surface area contributed by atoms with Gasteiger partial charge in [-0.25, -0.2) is 4.98 Å². The molecule has 0 bridgehead atoms. The van der Waals surface area contributed by atoms with Crippen LogP contribution in [-0.2, 0) is 0 Å². The Hall–Kier alpha value is -0.880. The predicted molar refractivity (Wildman–Crippen MR) is 79.6 cm³/mol. The first-order valence-corrected chi connectivity index (χ1v) is 6.99. The zero-order valence-electron chi connectivity index (χ0n) is 11.4. The lowest BCUT2D eigenvalue weighted by Crippen LogP contribution is -2.40. The fraction of sp³-hybridized carbons (Fsp3) is 0.667. The van der Waals surface area contributed by atoms with Crippen molar-refractivity contribution in [1.29, 1.82) is 0 Å². The van der Waals surface area contributed by atoms with Crippen LogP contribution in [0.1, 0.15) is 27.7 Å². The maximum absolute atomic E-state index is 5.66. The van der Waals surface area contributed by atoms with Gasteiger partial charge in [-0.3, -0.25) is 4.90 Å². The van der Waals surface area contributed by atoms with Gasteiger partial charge >= 0.3 is 0 Å². The van der Waals surface area contributed by atoms with Gasteiger partial charge in [0, 0.05) is 31.2 Å². The Morgan fingerprint density at radius 1 is 1.28 bits per heavy atom. The molecule has 0 radical (unpaired) electrons. The molecule has 5 nitrogen and oxygen atoms in total. The van der Waals surface area contributed by atoms with Crippen LogP contribution in [0.2, 0.25) is 0 Å². The Bertz CT molecular complexity index is 352. The second kappa shape index (κ2) is 6.89. The van der Waals surface area contributed by atoms with E-state index in [2.05, 4.69) is 63.8 Å². The summed E-state index contributed by atoms with van der Waals surface area (Å²) in [6.07, 6.45) is 0. The van der Waals surface area contributed by atoms with Crippen LogP contribution in [0.5, 0.6) is 0 Å². The summed E-state index contributed by atoms with van der Waals surface area (Å²) in [5.74, 6) is 1.03. The quantitative estimate of drug-likeness (QED) is 0.789. The summed E-state index contributed by atoms with van der Waals surface area (Å²) in [5, 5.41) is 3.19. The zero-order chi connectivity index (χ0) is 13.7. The molecule has 0 aliphatic rings. The van der Waals surface area contributed by atoms with E-state index in [0.29, 0.717) is 28.5 Å². The van der Waals surface area contributed by atoms with Gasteiger partial charge in [0.1, 0.15) is 10.4 Å². The summed E-state index contributed by atoms with van der Waals surface area (Å²) in [7, 11) is 0. The summed E-state index contributed by atoms with van der Waals surface area (Å²) < 4.78 is 0.696. The Morgan fingerprint density at radius 3 is 2.39 bits per heavy atom. The van der Waals surface area contributed by atoms with Crippen molar-refractivity contribution < 1.29 is 0 Å². The molecule has 1 rings (SSSR count). The summed E-state index contributed by atoms with van der Waals surface area (Å²) in [6, 6.07) is 2.74. The molecule has 0 aromatic carbocycles. The number of nitrogens with two attached hydrogens (primary N) is 1. The largest absolute Gasteiger partial charge is 0.383 e. The lowest BCUT2D eigenvalue weighted by molar-refractivity contribution is 0.182. The van der Waals surface area contributed by atoms with Gasteiger partial charge in [0.25, 0.3) is 0 Å². The van der Waals surface area contributed by atoms with Crippen molar-refractivity contribution in [2.45, 2.75) is 39.8 Å². The van der Waals surface area contributed by atoms with Crippen LogP contribution in [0, 0.1) is 0 Å². The third kappa shape index (κ3) is 4.78. The van der Waals surface area contributed by atoms with Crippen LogP contribution in [0.25, 0.3) is 0 Å². The lowest BCUT2D eigenvalue weighted by atomic mass is 10.2. The minimum absolute atomic E-state index is 0.462. The molecular formula is C12H22BrN5. The van der Waals surface area contributed by atoms with E-state index < -0.39 is 0 Å². The summed E-state index contributed by atoms with van der Waals surface area (Å²) in [5.41, 5.74) is 5.66. The fourth-order valence-corrected chi connectivity index (χ4v) is 2.33. The number of nitrogens with one attached hydrogen (secondary N) is 1. The van der Waals surface area contributed by atoms with Gasteiger partial charge < -0.3 is 11.1 Å². The standard InChI is InChI=1S/C12H22BrN5/c1-8(2)18(9(3)4)6-5-15-12-16-10(13)7-11(14)17-12/h7-9H,5-6H2,1-4H3,(H3,14,15,16,17). The Kier molecular flexibility index (Phi) is 5.81. The molecule has 1 heterocycles. The van der Waals surface area contributed by atoms with Crippen molar-refractivity contribution in [2.24, 2.45) is 0 Å². The summed E-state index contributed by atoms with van der Waals surface area (Å²) in [6.45, 7) is 10.6. The molecule has 0 saturated carbocycles. The van der Waals surface area contributed by atoms with Gasteiger partial charge in [-0.2, -0.15) is 4.98 Å². The SMILES string of the molecule is CC(C)N(CCNc1nc(N)cc(Br)n1)C(C)C. The van der Waals surface area contributed by atoms with Crippen LogP contribution in [-0.4, -0.2) is 40.0 Å². The number of hydrogen-bond acceptors (Lipinski definition) is 5. The molecule has 1 aromatic heterocycles. The van der Waals surface area contributed by atoms with E-state index in [0.717, 1.165) is 13.1 Å². The lowest BCUT2D eigenvalue weighted by Gasteiger charge is -2.30. The first-order chi connectivity index (χ1) is 8.40. The molecule has 18 heavy (non-hydrogen) atoms. The molecule has 0 fully saturated rings. The van der Waals surface area contributed by atoms with Gasteiger partial charge in [-0.1, -0.05) is 0 Å². The number of anilines is 2. The average molecular weight is 316 g/mol. The number of nitrogens with zero attached hydrogens (tertiary/aromatic N) is 3. The molecule has 0 aliphatic carbocycles. The van der Waals surface area contributed by atoms with Crippen molar-refractivity contribution in [3.63, 3.8) is 0 Å². The van der Waals surface area contributed by atoms with Crippen LogP contribution in [0.15, 0.2) is 10.7 Å². The van der Waals surface area contributed by atoms with Crippen molar-refractivity contribution in [2.75, 3.05) is 24.1 Å². The third-order valence-corrected chi connectivity index (χ3v) is 3.10. The first kappa shape index (κ1) is 15.2. The Balaban J connectivity index is 2.50. The molecule has 0 aliphatic heterocycles. The summed E-state index contributed by atoms with van der Waals surface area (Å²) >= 11 is 3.30. The normalized spacial score (nSPS) is 11.6. The van der Waals surface area contributed by atoms with Gasteiger partial charge in [-0.15, -0.1) is 0 Å². The second-order valence-corrected chi connectivity index (χ2v) is 5.60. The zero-order valence-corrected chi connectivity index (χ0v) is 13.0. The second-order valence-electron chi connectivity index (χ2n) is 4.79. The molecule has 0 atom stereocenters. The summed E-state index contributed by atoms with van der Waals surface area (Å²) in [4.78, 5) is 10.8. The highest BCUT2D eigenvalue weighted by Crippen LogP contribution is 2.12. The van der Waals surface area contributed by atoms with Gasteiger partial charge in [-0.05, 0) is 43.6 Å². The average Bonchev–Trinajstić information content (AvgIpc) is 2.21. The number of hydrogen-bond donors (Lipinski definition) is 2. The maximum Gasteiger partial charge on any atom is 0.225 e. The van der Waals surface area contributed by atoms with Gasteiger partial charge in [0.05, 0.1) is 0 Å². The van der Waals surface area contributed by atoms with E-state index >= 15 is 0 Å².